The van der Waals surface area contributed by atoms with Crippen LogP contribution in [-0.2, 0) is 9.59 Å². The molecule has 0 amide bonds. The van der Waals surface area contributed by atoms with Crippen molar-refractivity contribution in [1.29, 1.82) is 0 Å². The predicted octanol–water partition coefficient (Wildman–Crippen LogP) is -5.93. The van der Waals surface area contributed by atoms with E-state index in [1.54, 1.807) is 18.2 Å². The van der Waals surface area contributed by atoms with Crippen molar-refractivity contribution in [1.82, 2.24) is 4.98 Å². The van der Waals surface area contributed by atoms with Gasteiger partial charge in [0.2, 0.25) is 0 Å². The van der Waals surface area contributed by atoms with Crippen LogP contribution in [0.25, 0.3) is 17.0 Å². The largest absolute Gasteiger partial charge is 1.00 e. The monoisotopic (exact) mass is 327 g/mol. The molecule has 0 atom stereocenters. The van der Waals surface area contributed by atoms with Crippen LogP contribution in [-0.4, -0.2) is 16.9 Å². The van der Waals surface area contributed by atoms with E-state index in [4.69, 9.17) is 0 Å². The fraction of sp³-hybridized carbons (Fsp3) is 0.0625. The topological polar surface area (TPSA) is 93.2 Å². The summed E-state index contributed by atoms with van der Waals surface area (Å²) in [7, 11) is 0. The van der Waals surface area contributed by atoms with Crippen molar-refractivity contribution < 1.29 is 78.9 Å². The Morgan fingerprint density at radius 1 is 1.04 bits per heavy atom. The SMILES string of the molecule is CC(=C/C(=O)[O-])/C(=C/c1ccc2ccccc2n1)C(=O)[O-].[Na+].[Na+]. The molecule has 0 fully saturated rings. The summed E-state index contributed by atoms with van der Waals surface area (Å²) < 4.78 is 0. The average Bonchev–Trinajstić information content (AvgIpc) is 2.43. The smallest absolute Gasteiger partial charge is 0.545 e. The van der Waals surface area contributed by atoms with Crippen molar-refractivity contribution in [2.24, 2.45) is 0 Å². The summed E-state index contributed by atoms with van der Waals surface area (Å²) in [5.41, 5.74) is 0.899. The van der Waals surface area contributed by atoms with E-state index in [9.17, 15) is 19.8 Å². The maximum absolute atomic E-state index is 11.1. The van der Waals surface area contributed by atoms with Gasteiger partial charge in [-0.05, 0) is 36.8 Å². The maximum atomic E-state index is 11.1. The molecule has 0 aliphatic rings. The van der Waals surface area contributed by atoms with Crippen molar-refractivity contribution in [3.05, 3.63) is 59.3 Å². The van der Waals surface area contributed by atoms with E-state index in [-0.39, 0.29) is 70.3 Å². The summed E-state index contributed by atoms with van der Waals surface area (Å²) >= 11 is 0. The molecule has 23 heavy (non-hydrogen) atoms. The van der Waals surface area contributed by atoms with E-state index in [2.05, 4.69) is 4.98 Å². The molecule has 7 heteroatoms. The number of aromatic nitrogens is 1. The number of hydrogen-bond acceptors (Lipinski definition) is 5. The van der Waals surface area contributed by atoms with Crippen LogP contribution < -0.4 is 69.3 Å². The van der Waals surface area contributed by atoms with Gasteiger partial charge in [0.05, 0.1) is 23.1 Å². The zero-order valence-corrected chi connectivity index (χ0v) is 17.2. The number of carboxylic acids is 2. The van der Waals surface area contributed by atoms with Crippen LogP contribution in [0, 0.1) is 0 Å². The number of carboxylic acid groups (broad SMARTS) is 2. The molecule has 2 aromatic rings. The molecule has 0 bridgehead atoms. The first-order chi connectivity index (χ1) is 9.97. The fourth-order valence-corrected chi connectivity index (χ4v) is 1.90. The minimum Gasteiger partial charge on any atom is -0.545 e. The minimum absolute atomic E-state index is 0. The third kappa shape index (κ3) is 6.22. The number of benzene rings is 1. The molecule has 0 radical (unpaired) electrons. The third-order valence-corrected chi connectivity index (χ3v) is 2.89. The average molecular weight is 327 g/mol. The summed E-state index contributed by atoms with van der Waals surface area (Å²) in [4.78, 5) is 26.0. The van der Waals surface area contributed by atoms with E-state index in [0.29, 0.717) is 17.3 Å². The first-order valence-corrected chi connectivity index (χ1v) is 6.16. The number of carbonyl (C=O) groups excluding carboxylic acids is 2. The van der Waals surface area contributed by atoms with Gasteiger partial charge in [-0.25, -0.2) is 4.98 Å². The van der Waals surface area contributed by atoms with Gasteiger partial charge in [0, 0.05) is 11.0 Å². The Morgan fingerprint density at radius 2 is 1.70 bits per heavy atom. The van der Waals surface area contributed by atoms with Gasteiger partial charge in [0.25, 0.3) is 0 Å². The molecule has 0 aliphatic heterocycles. The molecule has 5 nitrogen and oxygen atoms in total. The number of nitrogens with zero attached hydrogens (tertiary/aromatic N) is 1. The molecule has 0 N–H and O–H groups in total. The van der Waals surface area contributed by atoms with E-state index < -0.39 is 11.9 Å². The molecular formula is C16H11NNa2O4. The van der Waals surface area contributed by atoms with Gasteiger partial charge in [-0.1, -0.05) is 24.3 Å². The summed E-state index contributed by atoms with van der Waals surface area (Å²) in [6, 6.07) is 10.8. The molecule has 1 heterocycles. The Kier molecular flexibility index (Phi) is 9.61. The molecule has 0 spiro atoms. The van der Waals surface area contributed by atoms with Crippen molar-refractivity contribution >= 4 is 28.9 Å². The summed E-state index contributed by atoms with van der Waals surface area (Å²) in [5.74, 6) is -2.94. The quantitative estimate of drug-likeness (QED) is 0.317. The number of pyridine rings is 1. The number of aliphatic carboxylic acids is 2. The van der Waals surface area contributed by atoms with E-state index in [1.807, 2.05) is 18.2 Å². The second-order valence-electron chi connectivity index (χ2n) is 4.42. The van der Waals surface area contributed by atoms with E-state index in [0.717, 1.165) is 5.39 Å². The fourth-order valence-electron chi connectivity index (χ4n) is 1.90. The van der Waals surface area contributed by atoms with Crippen LogP contribution >= 0.6 is 0 Å². The second kappa shape index (κ2) is 10.0. The van der Waals surface area contributed by atoms with E-state index in [1.165, 1.54) is 13.0 Å². The van der Waals surface area contributed by atoms with Crippen LogP contribution in [0.3, 0.4) is 0 Å². The summed E-state index contributed by atoms with van der Waals surface area (Å²) in [6.45, 7) is 1.36. The molecular weight excluding hydrogens is 316 g/mol. The van der Waals surface area contributed by atoms with Gasteiger partial charge in [-0.2, -0.15) is 0 Å². The van der Waals surface area contributed by atoms with Gasteiger partial charge in [0.15, 0.2) is 0 Å². The number of para-hydroxylation sites is 1. The Bertz CT molecular complexity index is 784. The van der Waals surface area contributed by atoms with Gasteiger partial charge in [0.1, 0.15) is 0 Å². The van der Waals surface area contributed by atoms with Crippen LogP contribution in [0.2, 0.25) is 0 Å². The van der Waals surface area contributed by atoms with Gasteiger partial charge in [-0.3, -0.25) is 0 Å². The van der Waals surface area contributed by atoms with Gasteiger partial charge < -0.3 is 19.8 Å². The molecule has 1 aromatic carbocycles. The maximum Gasteiger partial charge on any atom is 1.00 e. The van der Waals surface area contributed by atoms with Crippen LogP contribution in [0.15, 0.2) is 53.6 Å². The Hall–Kier alpha value is -0.950. The summed E-state index contributed by atoms with van der Waals surface area (Å²) in [6.07, 6.45) is 1.99. The van der Waals surface area contributed by atoms with Crippen LogP contribution in [0.1, 0.15) is 12.6 Å². The molecule has 1 aromatic heterocycles. The molecule has 106 valence electrons. The zero-order chi connectivity index (χ0) is 15.4. The molecule has 0 saturated carbocycles. The number of hydrogen-bond donors (Lipinski definition) is 0. The normalized spacial score (nSPS) is 11.3. The zero-order valence-electron chi connectivity index (χ0n) is 13.2. The van der Waals surface area contributed by atoms with E-state index >= 15 is 0 Å². The molecule has 0 saturated heterocycles. The number of fused-ring (bicyclic) bond motifs is 1. The van der Waals surface area contributed by atoms with Crippen LogP contribution in [0.4, 0.5) is 0 Å². The van der Waals surface area contributed by atoms with Gasteiger partial charge >= 0.3 is 59.1 Å². The van der Waals surface area contributed by atoms with Crippen LogP contribution in [0.5, 0.6) is 0 Å². The van der Waals surface area contributed by atoms with Crippen molar-refractivity contribution in [3.8, 4) is 0 Å². The number of rotatable bonds is 4. The van der Waals surface area contributed by atoms with Crippen molar-refractivity contribution in [3.63, 3.8) is 0 Å². The third-order valence-electron chi connectivity index (χ3n) is 2.89. The minimum atomic E-state index is -1.47. The standard InChI is InChI=1S/C16H13NO4.2Na/c1-10(8-15(18)19)13(16(20)21)9-12-7-6-11-4-2-3-5-14(11)17-12;;/h2-9H,1H3,(H,18,19)(H,20,21);;/q;2*+1/p-2/b10-8-,13-9-;;. The van der Waals surface area contributed by atoms with Crippen molar-refractivity contribution in [2.45, 2.75) is 6.92 Å². The Balaban J connectivity index is 0.00000242. The predicted molar refractivity (Wildman–Crippen MR) is 73.5 cm³/mol. The number of carbonyl (C=O) groups is 2. The van der Waals surface area contributed by atoms with Crippen molar-refractivity contribution in [2.75, 3.05) is 0 Å². The summed E-state index contributed by atoms with van der Waals surface area (Å²) in [5, 5.41) is 22.6. The first-order valence-electron chi connectivity index (χ1n) is 6.16. The molecule has 0 aliphatic carbocycles. The molecule has 2 rings (SSSR count). The first kappa shape index (κ1) is 22.1. The Labute approximate surface area is 177 Å². The second-order valence-corrected chi connectivity index (χ2v) is 4.42. The van der Waals surface area contributed by atoms with Gasteiger partial charge in [-0.15, -0.1) is 0 Å². The molecule has 0 unspecified atom stereocenters. The Morgan fingerprint density at radius 3 is 2.30 bits per heavy atom.